The molecular formula is C14H11N3O3. The smallest absolute Gasteiger partial charge is 0.177 e. The summed E-state index contributed by atoms with van der Waals surface area (Å²) in [5, 5.41) is 15.9. The third-order valence-electron chi connectivity index (χ3n) is 3.47. The van der Waals surface area contributed by atoms with E-state index in [1.807, 2.05) is 0 Å². The molecule has 3 N–H and O–H groups in total. The van der Waals surface area contributed by atoms with Crippen LogP contribution in [0, 0.1) is 0 Å². The Morgan fingerprint density at radius 3 is 2.55 bits per heavy atom. The van der Waals surface area contributed by atoms with Crippen molar-refractivity contribution in [3.8, 4) is 17.0 Å². The van der Waals surface area contributed by atoms with E-state index in [1.165, 1.54) is 12.5 Å². The number of nitrogens with zero attached hydrogens (tertiary/aromatic N) is 2. The van der Waals surface area contributed by atoms with Crippen molar-refractivity contribution in [1.82, 2.24) is 9.78 Å². The van der Waals surface area contributed by atoms with Crippen LogP contribution >= 0.6 is 0 Å². The molecule has 0 radical (unpaired) electrons. The topological polar surface area (TPSA) is 90.3 Å². The van der Waals surface area contributed by atoms with E-state index in [4.69, 9.17) is 14.6 Å². The summed E-state index contributed by atoms with van der Waals surface area (Å²) < 4.78 is 12.5. The van der Waals surface area contributed by atoms with Crippen LogP contribution in [0.25, 0.3) is 33.2 Å². The molecule has 4 aromatic rings. The molecule has 0 aliphatic heterocycles. The predicted octanol–water partition coefficient (Wildman–Crippen LogP) is 2.87. The van der Waals surface area contributed by atoms with Gasteiger partial charge in [-0.05, 0) is 12.1 Å². The largest absolute Gasteiger partial charge is 0.504 e. The van der Waals surface area contributed by atoms with Crippen LogP contribution in [-0.2, 0) is 7.05 Å². The maximum Gasteiger partial charge on any atom is 0.177 e. The predicted molar refractivity (Wildman–Crippen MR) is 74.3 cm³/mol. The summed E-state index contributed by atoms with van der Waals surface area (Å²) in [4.78, 5) is 0. The van der Waals surface area contributed by atoms with Crippen LogP contribution in [0.2, 0.25) is 0 Å². The summed E-state index contributed by atoms with van der Waals surface area (Å²) in [5.74, 6) is 0.617. The molecule has 20 heavy (non-hydrogen) atoms. The first kappa shape index (κ1) is 11.0. The monoisotopic (exact) mass is 269 g/mol. The average Bonchev–Trinajstić information content (AvgIpc) is 3.11. The third kappa shape index (κ3) is 1.25. The number of phenols is 1. The standard InChI is InChI=1S/C14H11N3O3/c1-17-10(15)6-9(16-17)11-7-2-4-20-14(7)12(18)8-3-5-19-13(8)11/h2-6,18H,15H2,1H3. The molecule has 0 amide bonds. The lowest BCUT2D eigenvalue weighted by Crippen LogP contribution is -1.96. The lowest BCUT2D eigenvalue weighted by atomic mass is 10.0. The molecule has 0 spiro atoms. The molecule has 0 aliphatic rings. The highest BCUT2D eigenvalue weighted by Gasteiger charge is 2.21. The van der Waals surface area contributed by atoms with Crippen molar-refractivity contribution in [2.75, 3.05) is 5.73 Å². The summed E-state index contributed by atoms with van der Waals surface area (Å²) >= 11 is 0. The van der Waals surface area contributed by atoms with Gasteiger partial charge in [-0.1, -0.05) is 0 Å². The van der Waals surface area contributed by atoms with E-state index in [1.54, 1.807) is 29.9 Å². The van der Waals surface area contributed by atoms with Crippen LogP contribution in [0.4, 0.5) is 5.82 Å². The molecule has 0 saturated heterocycles. The maximum absolute atomic E-state index is 10.2. The fraction of sp³-hybridized carbons (Fsp3) is 0.0714. The Morgan fingerprint density at radius 2 is 1.85 bits per heavy atom. The van der Waals surface area contributed by atoms with Crippen LogP contribution in [-0.4, -0.2) is 14.9 Å². The minimum absolute atomic E-state index is 0.0707. The van der Waals surface area contributed by atoms with Crippen molar-refractivity contribution < 1.29 is 13.9 Å². The van der Waals surface area contributed by atoms with Crippen molar-refractivity contribution in [3.05, 3.63) is 30.7 Å². The Morgan fingerprint density at radius 1 is 1.15 bits per heavy atom. The molecule has 0 unspecified atom stereocenters. The van der Waals surface area contributed by atoms with Gasteiger partial charge in [-0.3, -0.25) is 4.68 Å². The van der Waals surface area contributed by atoms with Gasteiger partial charge in [-0.2, -0.15) is 5.10 Å². The Labute approximate surface area is 113 Å². The minimum Gasteiger partial charge on any atom is -0.504 e. The number of aryl methyl sites for hydroxylation is 1. The number of nitrogen functional groups attached to an aromatic ring is 1. The maximum atomic E-state index is 10.2. The Bertz CT molecular complexity index is 874. The molecule has 6 nitrogen and oxygen atoms in total. The molecule has 4 rings (SSSR count). The fourth-order valence-corrected chi connectivity index (χ4v) is 2.48. The molecule has 0 fully saturated rings. The van der Waals surface area contributed by atoms with Gasteiger partial charge in [0.25, 0.3) is 0 Å². The van der Waals surface area contributed by atoms with E-state index < -0.39 is 0 Å². The van der Waals surface area contributed by atoms with E-state index in [0.717, 1.165) is 10.9 Å². The second-order valence-corrected chi connectivity index (χ2v) is 4.63. The molecule has 6 heteroatoms. The molecule has 100 valence electrons. The van der Waals surface area contributed by atoms with Gasteiger partial charge in [0, 0.05) is 18.5 Å². The first-order valence-electron chi connectivity index (χ1n) is 6.06. The second kappa shape index (κ2) is 3.57. The molecule has 0 aliphatic carbocycles. The SMILES string of the molecule is Cn1nc(-c2c3ccoc3c(O)c3ccoc23)cc1N. The number of hydrogen-bond donors (Lipinski definition) is 2. The lowest BCUT2D eigenvalue weighted by Gasteiger charge is -2.03. The van der Waals surface area contributed by atoms with E-state index in [0.29, 0.717) is 28.1 Å². The number of nitrogens with two attached hydrogens (primary N) is 1. The lowest BCUT2D eigenvalue weighted by molar-refractivity contribution is 0.470. The van der Waals surface area contributed by atoms with E-state index >= 15 is 0 Å². The Balaban J connectivity index is 2.22. The normalized spacial score (nSPS) is 11.7. The Kier molecular flexibility index (Phi) is 1.96. The van der Waals surface area contributed by atoms with Gasteiger partial charge in [0.05, 0.1) is 29.2 Å². The van der Waals surface area contributed by atoms with Crippen molar-refractivity contribution >= 4 is 27.8 Å². The molecular weight excluding hydrogens is 258 g/mol. The summed E-state index contributed by atoms with van der Waals surface area (Å²) in [6.45, 7) is 0. The first-order valence-corrected chi connectivity index (χ1v) is 6.06. The second-order valence-electron chi connectivity index (χ2n) is 4.63. The van der Waals surface area contributed by atoms with Gasteiger partial charge in [0.15, 0.2) is 11.3 Å². The fourth-order valence-electron chi connectivity index (χ4n) is 2.48. The number of hydrogen-bond acceptors (Lipinski definition) is 5. The molecule has 0 bridgehead atoms. The molecule has 3 aromatic heterocycles. The summed E-state index contributed by atoms with van der Waals surface area (Å²) in [7, 11) is 1.77. The molecule has 0 saturated carbocycles. The Hall–Kier alpha value is -2.89. The molecule has 0 atom stereocenters. The van der Waals surface area contributed by atoms with E-state index in [-0.39, 0.29) is 5.75 Å². The van der Waals surface area contributed by atoms with Gasteiger partial charge in [0.2, 0.25) is 0 Å². The van der Waals surface area contributed by atoms with Gasteiger partial charge < -0.3 is 19.7 Å². The van der Waals surface area contributed by atoms with Crippen molar-refractivity contribution in [2.24, 2.45) is 7.05 Å². The highest BCUT2D eigenvalue weighted by atomic mass is 16.4. The van der Waals surface area contributed by atoms with Gasteiger partial charge in [-0.25, -0.2) is 0 Å². The van der Waals surface area contributed by atoms with Crippen LogP contribution < -0.4 is 5.73 Å². The van der Waals surface area contributed by atoms with Gasteiger partial charge in [-0.15, -0.1) is 0 Å². The zero-order chi connectivity index (χ0) is 13.9. The van der Waals surface area contributed by atoms with Crippen LogP contribution in [0.15, 0.2) is 39.6 Å². The number of phenolic OH excluding ortho intramolecular Hbond substituents is 1. The number of fused-ring (bicyclic) bond motifs is 2. The average molecular weight is 269 g/mol. The summed E-state index contributed by atoms with van der Waals surface area (Å²) in [6, 6.07) is 5.24. The number of furan rings is 2. The van der Waals surface area contributed by atoms with Gasteiger partial charge >= 0.3 is 0 Å². The van der Waals surface area contributed by atoms with Crippen molar-refractivity contribution in [3.63, 3.8) is 0 Å². The van der Waals surface area contributed by atoms with Gasteiger partial charge in [0.1, 0.15) is 11.4 Å². The summed E-state index contributed by atoms with van der Waals surface area (Å²) in [5.41, 5.74) is 8.26. The zero-order valence-electron chi connectivity index (χ0n) is 10.6. The molecule has 3 heterocycles. The number of rotatable bonds is 1. The van der Waals surface area contributed by atoms with Crippen molar-refractivity contribution in [1.29, 1.82) is 0 Å². The third-order valence-corrected chi connectivity index (χ3v) is 3.47. The number of benzene rings is 1. The summed E-state index contributed by atoms with van der Waals surface area (Å²) in [6.07, 6.45) is 3.05. The highest BCUT2D eigenvalue weighted by molar-refractivity contribution is 6.12. The minimum atomic E-state index is 0.0707. The van der Waals surface area contributed by atoms with Crippen LogP contribution in [0.3, 0.4) is 0 Å². The highest BCUT2D eigenvalue weighted by Crippen LogP contribution is 2.43. The molecule has 1 aromatic carbocycles. The zero-order valence-corrected chi connectivity index (χ0v) is 10.6. The van der Waals surface area contributed by atoms with Crippen molar-refractivity contribution in [2.45, 2.75) is 0 Å². The van der Waals surface area contributed by atoms with Crippen LogP contribution in [0.1, 0.15) is 0 Å². The van der Waals surface area contributed by atoms with Crippen LogP contribution in [0.5, 0.6) is 5.75 Å². The van der Waals surface area contributed by atoms with E-state index in [2.05, 4.69) is 5.10 Å². The van der Waals surface area contributed by atoms with E-state index in [9.17, 15) is 5.11 Å². The quantitative estimate of drug-likeness (QED) is 0.554. The number of aromatic hydroxyl groups is 1. The number of anilines is 1. The number of aromatic nitrogens is 2. The first-order chi connectivity index (χ1) is 9.66.